The van der Waals surface area contributed by atoms with Gasteiger partial charge in [-0.15, -0.1) is 0 Å². The summed E-state index contributed by atoms with van der Waals surface area (Å²) in [7, 11) is -1.33. The monoisotopic (exact) mass is 791 g/mol. The summed E-state index contributed by atoms with van der Waals surface area (Å²) in [5.74, 6) is 0.380. The van der Waals surface area contributed by atoms with E-state index in [1.165, 1.54) is 37.4 Å². The molecule has 258 valence electrons. The van der Waals surface area contributed by atoms with Crippen LogP contribution in [0, 0.1) is 13.0 Å². The van der Waals surface area contributed by atoms with Crippen LogP contribution in [-0.2, 0) is 20.4 Å². The minimum absolute atomic E-state index is 0. The first-order chi connectivity index (χ1) is 24.5. The van der Waals surface area contributed by atoms with E-state index in [1.807, 2.05) is 75.4 Å². The number of hydrogen-bond donors (Lipinski definition) is 1. The SMILES string of the molecule is CC(C)=C(O)c1ccccc1.Cc1[c-]cccc1.[Pd].c1ccc(P(c2ccccc2)c2ccccc2P(c2ccccc2)c2ccccc2)cc1. The van der Waals surface area contributed by atoms with E-state index in [-0.39, 0.29) is 20.4 Å². The Morgan fingerprint density at radius 1 is 0.431 bits per heavy atom. The molecule has 7 aromatic rings. The van der Waals surface area contributed by atoms with Gasteiger partial charge in [0.2, 0.25) is 0 Å². The zero-order chi connectivity index (χ0) is 35.0. The molecule has 51 heavy (non-hydrogen) atoms. The number of allylic oxidation sites excluding steroid dienone is 1. The Hall–Kier alpha value is -4.40. The first-order valence-corrected chi connectivity index (χ1v) is 19.5. The molecule has 0 saturated carbocycles. The Morgan fingerprint density at radius 2 is 0.745 bits per heavy atom. The fourth-order valence-corrected chi connectivity index (χ4v) is 10.6. The molecule has 0 unspecified atom stereocenters. The van der Waals surface area contributed by atoms with E-state index < -0.39 is 15.8 Å². The molecule has 0 radical (unpaired) electrons. The van der Waals surface area contributed by atoms with Gasteiger partial charge in [-0.2, -0.15) is 35.9 Å². The molecule has 0 heterocycles. The standard InChI is InChI=1S/C30H24P2.C10H12O.C7H7.Pd/c1-5-15-25(16-6-1)31(26-17-7-2-8-18-26)29-23-13-14-24-30(29)32(27-19-9-3-10-20-27)28-21-11-4-12-22-28;1-8(2)10(11)9-6-4-3-5-7-9;1-7-5-3-2-4-6-7;/h1-24H;3-7,11H,1-2H3;2-5H,1H3;/q;;-1;. The molecule has 0 aliphatic heterocycles. The summed E-state index contributed by atoms with van der Waals surface area (Å²) < 4.78 is 0. The summed E-state index contributed by atoms with van der Waals surface area (Å²) >= 11 is 0. The third-order valence-electron chi connectivity index (χ3n) is 7.81. The second-order valence-electron chi connectivity index (χ2n) is 11.8. The molecule has 7 aromatic carbocycles. The summed E-state index contributed by atoms with van der Waals surface area (Å²) in [6.45, 7) is 5.81. The van der Waals surface area contributed by atoms with Crippen LogP contribution >= 0.6 is 15.8 Å². The van der Waals surface area contributed by atoms with Gasteiger partial charge >= 0.3 is 0 Å². The van der Waals surface area contributed by atoms with Gasteiger partial charge in [-0.3, -0.25) is 0 Å². The molecule has 0 bridgehead atoms. The molecular formula is C47H43OP2Pd-. The molecular weight excluding hydrogens is 749 g/mol. The van der Waals surface area contributed by atoms with Crippen molar-refractivity contribution in [1.82, 2.24) is 0 Å². The molecule has 0 aromatic heterocycles. The van der Waals surface area contributed by atoms with Gasteiger partial charge in [0.15, 0.2) is 0 Å². The second kappa shape index (κ2) is 21.1. The van der Waals surface area contributed by atoms with Crippen molar-refractivity contribution in [3.63, 3.8) is 0 Å². The Morgan fingerprint density at radius 3 is 1.02 bits per heavy atom. The van der Waals surface area contributed by atoms with Crippen LogP contribution in [0.1, 0.15) is 25.0 Å². The molecule has 0 fully saturated rings. The van der Waals surface area contributed by atoms with E-state index in [0.717, 1.165) is 11.1 Å². The maximum atomic E-state index is 9.48. The van der Waals surface area contributed by atoms with Gasteiger partial charge in [0, 0.05) is 26.0 Å². The largest absolute Gasteiger partial charge is 0.507 e. The van der Waals surface area contributed by atoms with E-state index >= 15 is 0 Å². The number of aryl methyl sites for hydroxylation is 1. The predicted octanol–water partition coefficient (Wildman–Crippen LogP) is 9.99. The molecule has 0 amide bonds. The fraction of sp³-hybridized carbons (Fsp3) is 0.0638. The van der Waals surface area contributed by atoms with Crippen LogP contribution in [0.2, 0.25) is 0 Å². The Labute approximate surface area is 320 Å². The minimum atomic E-state index is -0.664. The van der Waals surface area contributed by atoms with E-state index in [9.17, 15) is 5.11 Å². The van der Waals surface area contributed by atoms with E-state index in [2.05, 4.69) is 152 Å². The molecule has 0 aliphatic rings. The molecule has 0 spiro atoms. The van der Waals surface area contributed by atoms with Gasteiger partial charge in [-0.05, 0) is 67.1 Å². The van der Waals surface area contributed by atoms with E-state index in [1.54, 1.807) is 0 Å². The van der Waals surface area contributed by atoms with Gasteiger partial charge in [-0.1, -0.05) is 183 Å². The summed E-state index contributed by atoms with van der Waals surface area (Å²) in [4.78, 5) is 0. The van der Waals surface area contributed by atoms with Crippen molar-refractivity contribution < 1.29 is 25.5 Å². The molecule has 7 rings (SSSR count). The zero-order valence-electron chi connectivity index (χ0n) is 29.2. The van der Waals surface area contributed by atoms with Gasteiger partial charge in [-0.25, -0.2) is 0 Å². The second-order valence-corrected chi connectivity index (χ2v) is 16.1. The van der Waals surface area contributed by atoms with Crippen molar-refractivity contribution in [2.45, 2.75) is 20.8 Å². The molecule has 1 nitrogen and oxygen atoms in total. The third-order valence-corrected chi connectivity index (χ3v) is 13.0. The summed E-state index contributed by atoms with van der Waals surface area (Å²) in [5, 5.41) is 17.9. The Balaban J connectivity index is 0.000000252. The molecule has 4 heteroatoms. The van der Waals surface area contributed by atoms with Crippen LogP contribution in [0.4, 0.5) is 0 Å². The van der Waals surface area contributed by atoms with Crippen LogP contribution in [0.25, 0.3) is 5.76 Å². The number of aliphatic hydroxyl groups excluding tert-OH is 1. The van der Waals surface area contributed by atoms with Crippen LogP contribution in [-0.4, -0.2) is 5.11 Å². The first kappa shape index (κ1) is 39.4. The Bertz CT molecular complexity index is 1840. The average Bonchev–Trinajstić information content (AvgIpc) is 3.18. The van der Waals surface area contributed by atoms with Crippen LogP contribution in [0.5, 0.6) is 0 Å². The zero-order valence-corrected chi connectivity index (χ0v) is 32.6. The number of rotatable bonds is 7. The quantitative estimate of drug-likeness (QED) is 0.0738. The van der Waals surface area contributed by atoms with Crippen molar-refractivity contribution in [3.8, 4) is 0 Å². The number of hydrogen-bond acceptors (Lipinski definition) is 1. The molecule has 0 saturated heterocycles. The summed E-state index contributed by atoms with van der Waals surface area (Å²) in [5.41, 5.74) is 3.02. The van der Waals surface area contributed by atoms with Crippen LogP contribution < -0.4 is 31.8 Å². The smallest absolute Gasteiger partial charge is 0.121 e. The number of benzene rings is 7. The van der Waals surface area contributed by atoms with Crippen molar-refractivity contribution >= 4 is 53.4 Å². The van der Waals surface area contributed by atoms with E-state index in [4.69, 9.17) is 0 Å². The summed E-state index contributed by atoms with van der Waals surface area (Å²) in [6, 6.07) is 73.5. The van der Waals surface area contributed by atoms with Gasteiger partial charge in [0.05, 0.1) is 0 Å². The molecule has 0 aliphatic carbocycles. The van der Waals surface area contributed by atoms with E-state index in [0.29, 0.717) is 5.76 Å². The van der Waals surface area contributed by atoms with Gasteiger partial charge in [0.25, 0.3) is 0 Å². The average molecular weight is 792 g/mol. The molecule has 0 atom stereocenters. The minimum Gasteiger partial charge on any atom is -0.507 e. The maximum absolute atomic E-state index is 9.48. The van der Waals surface area contributed by atoms with Crippen molar-refractivity contribution in [1.29, 1.82) is 0 Å². The van der Waals surface area contributed by atoms with Crippen molar-refractivity contribution in [2.24, 2.45) is 0 Å². The van der Waals surface area contributed by atoms with Crippen LogP contribution in [0.3, 0.4) is 0 Å². The summed E-state index contributed by atoms with van der Waals surface area (Å²) in [6.07, 6.45) is 0. The van der Waals surface area contributed by atoms with Crippen molar-refractivity contribution in [3.05, 3.63) is 223 Å². The fourth-order valence-electron chi connectivity index (χ4n) is 5.37. The first-order valence-electron chi connectivity index (χ1n) is 16.8. The van der Waals surface area contributed by atoms with Gasteiger partial charge in [0.1, 0.15) is 5.76 Å². The number of aliphatic hydroxyl groups is 1. The Kier molecular flexibility index (Phi) is 16.3. The van der Waals surface area contributed by atoms with Gasteiger partial charge < -0.3 is 5.11 Å². The normalized spacial score (nSPS) is 10.1. The third kappa shape index (κ3) is 11.6. The topological polar surface area (TPSA) is 20.2 Å². The van der Waals surface area contributed by atoms with Crippen molar-refractivity contribution in [2.75, 3.05) is 0 Å². The molecule has 1 N–H and O–H groups in total. The predicted molar refractivity (Wildman–Crippen MR) is 221 cm³/mol. The maximum Gasteiger partial charge on any atom is 0.121 e. The van der Waals surface area contributed by atoms with Crippen LogP contribution in [0.15, 0.2) is 206 Å².